The number of amides is 1. The number of aryl methyl sites for hydroxylation is 1. The third kappa shape index (κ3) is 4.71. The second-order valence-electron chi connectivity index (χ2n) is 4.88. The maximum atomic E-state index is 12.0. The monoisotopic (exact) mass is 336 g/mol. The molecular formula is C15H20N4OS2. The molecule has 1 aromatic carbocycles. The molecule has 5 nitrogen and oxygen atoms in total. The average Bonchev–Trinajstić information content (AvgIpc) is 2.96. The van der Waals surface area contributed by atoms with Crippen LogP contribution in [-0.2, 0) is 4.79 Å². The fraction of sp³-hybridized carbons (Fsp3) is 0.400. The number of nitrogens with zero attached hydrogens (tertiary/aromatic N) is 2. The maximum Gasteiger partial charge on any atom is 0.234 e. The molecule has 22 heavy (non-hydrogen) atoms. The van der Waals surface area contributed by atoms with Gasteiger partial charge in [-0.1, -0.05) is 42.2 Å². The predicted octanol–water partition coefficient (Wildman–Crippen LogP) is 3.71. The average molecular weight is 336 g/mol. The Morgan fingerprint density at radius 1 is 1.32 bits per heavy atom. The van der Waals surface area contributed by atoms with Gasteiger partial charge in [-0.2, -0.15) is 0 Å². The van der Waals surface area contributed by atoms with Crippen LogP contribution < -0.4 is 10.6 Å². The van der Waals surface area contributed by atoms with Crippen LogP contribution in [0.15, 0.2) is 22.5 Å². The number of benzene rings is 1. The molecule has 0 atom stereocenters. The number of rotatable bonds is 7. The SMILES string of the molecule is CCCNc1nnc(SCC(=O)Nc2cccc(C)c2C)s1. The van der Waals surface area contributed by atoms with Crippen molar-refractivity contribution in [1.29, 1.82) is 0 Å². The Balaban J connectivity index is 1.85. The molecule has 0 spiro atoms. The lowest BCUT2D eigenvalue weighted by atomic mass is 10.1. The van der Waals surface area contributed by atoms with Crippen LogP contribution in [0.25, 0.3) is 0 Å². The summed E-state index contributed by atoms with van der Waals surface area (Å²) in [6.07, 6.45) is 1.04. The van der Waals surface area contributed by atoms with Crippen LogP contribution in [0.4, 0.5) is 10.8 Å². The molecule has 2 rings (SSSR count). The van der Waals surface area contributed by atoms with E-state index in [2.05, 4.69) is 27.8 Å². The van der Waals surface area contributed by atoms with Gasteiger partial charge in [0.1, 0.15) is 0 Å². The van der Waals surface area contributed by atoms with E-state index in [1.807, 2.05) is 32.0 Å². The molecule has 2 aromatic rings. The van der Waals surface area contributed by atoms with Crippen molar-refractivity contribution in [1.82, 2.24) is 10.2 Å². The zero-order valence-corrected chi connectivity index (χ0v) is 14.6. The van der Waals surface area contributed by atoms with Gasteiger partial charge in [0.25, 0.3) is 0 Å². The van der Waals surface area contributed by atoms with E-state index in [0.717, 1.165) is 33.7 Å². The number of aromatic nitrogens is 2. The standard InChI is InChI=1S/C15H20N4OS2/c1-4-8-16-14-18-19-15(22-14)21-9-13(20)17-12-7-5-6-10(2)11(12)3/h5-7H,4,8-9H2,1-3H3,(H,16,18)(H,17,20). The Bertz CT molecular complexity index is 642. The summed E-state index contributed by atoms with van der Waals surface area (Å²) in [6.45, 7) is 7.02. The molecule has 1 aromatic heterocycles. The molecule has 0 bridgehead atoms. The van der Waals surface area contributed by atoms with Gasteiger partial charge in [0.2, 0.25) is 11.0 Å². The van der Waals surface area contributed by atoms with Crippen molar-refractivity contribution in [3.05, 3.63) is 29.3 Å². The van der Waals surface area contributed by atoms with Crippen molar-refractivity contribution in [2.45, 2.75) is 31.5 Å². The molecule has 0 radical (unpaired) electrons. The molecule has 1 heterocycles. The number of hydrogen-bond acceptors (Lipinski definition) is 6. The first kappa shape index (κ1) is 16.8. The highest BCUT2D eigenvalue weighted by Gasteiger charge is 2.09. The van der Waals surface area contributed by atoms with Crippen LogP contribution in [-0.4, -0.2) is 28.4 Å². The largest absolute Gasteiger partial charge is 0.360 e. The molecule has 1 amide bonds. The van der Waals surface area contributed by atoms with Crippen molar-refractivity contribution in [2.75, 3.05) is 22.9 Å². The number of thioether (sulfide) groups is 1. The van der Waals surface area contributed by atoms with Crippen LogP contribution in [0.5, 0.6) is 0 Å². The summed E-state index contributed by atoms with van der Waals surface area (Å²) in [5.41, 5.74) is 3.14. The van der Waals surface area contributed by atoms with E-state index >= 15 is 0 Å². The van der Waals surface area contributed by atoms with Crippen LogP contribution in [0.1, 0.15) is 24.5 Å². The van der Waals surface area contributed by atoms with Crippen molar-refractivity contribution >= 4 is 39.8 Å². The predicted molar refractivity (Wildman–Crippen MR) is 94.0 cm³/mol. The molecule has 0 unspecified atom stereocenters. The summed E-state index contributed by atoms with van der Waals surface area (Å²) in [5.74, 6) is 0.299. The van der Waals surface area contributed by atoms with Gasteiger partial charge in [0.05, 0.1) is 5.75 Å². The van der Waals surface area contributed by atoms with E-state index in [1.54, 1.807) is 0 Å². The number of nitrogens with one attached hydrogen (secondary N) is 2. The highest BCUT2D eigenvalue weighted by atomic mass is 32.2. The van der Waals surface area contributed by atoms with Crippen LogP contribution in [0, 0.1) is 13.8 Å². The van der Waals surface area contributed by atoms with Gasteiger partial charge in [-0.3, -0.25) is 4.79 Å². The number of carbonyl (C=O) groups excluding carboxylic acids is 1. The van der Waals surface area contributed by atoms with E-state index in [1.165, 1.54) is 28.7 Å². The summed E-state index contributed by atoms with van der Waals surface area (Å²) in [7, 11) is 0. The molecule has 0 saturated heterocycles. The Morgan fingerprint density at radius 3 is 2.91 bits per heavy atom. The summed E-state index contributed by atoms with van der Waals surface area (Å²) in [4.78, 5) is 12.0. The van der Waals surface area contributed by atoms with Crippen molar-refractivity contribution in [3.8, 4) is 0 Å². The lowest BCUT2D eigenvalue weighted by Crippen LogP contribution is -2.15. The minimum atomic E-state index is -0.0306. The maximum absolute atomic E-state index is 12.0. The highest BCUT2D eigenvalue weighted by Crippen LogP contribution is 2.26. The third-order valence-corrected chi connectivity index (χ3v) is 5.15. The van der Waals surface area contributed by atoms with Gasteiger partial charge in [0, 0.05) is 12.2 Å². The summed E-state index contributed by atoms with van der Waals surface area (Å²) >= 11 is 2.88. The molecule has 2 N–H and O–H groups in total. The van der Waals surface area contributed by atoms with Crippen molar-refractivity contribution in [2.24, 2.45) is 0 Å². The lowest BCUT2D eigenvalue weighted by Gasteiger charge is -2.09. The molecule has 0 saturated carbocycles. The van der Waals surface area contributed by atoms with E-state index < -0.39 is 0 Å². The number of hydrogen-bond donors (Lipinski definition) is 2. The van der Waals surface area contributed by atoms with E-state index in [-0.39, 0.29) is 5.91 Å². The molecule has 0 aliphatic heterocycles. The minimum absolute atomic E-state index is 0.0306. The van der Waals surface area contributed by atoms with Crippen LogP contribution in [0.3, 0.4) is 0 Å². The van der Waals surface area contributed by atoms with Gasteiger partial charge in [-0.25, -0.2) is 0 Å². The van der Waals surface area contributed by atoms with Crippen LogP contribution >= 0.6 is 23.1 Å². The van der Waals surface area contributed by atoms with Gasteiger partial charge in [-0.15, -0.1) is 10.2 Å². The van der Waals surface area contributed by atoms with Crippen molar-refractivity contribution in [3.63, 3.8) is 0 Å². The number of anilines is 2. The first-order valence-electron chi connectivity index (χ1n) is 7.16. The number of carbonyl (C=O) groups is 1. The van der Waals surface area contributed by atoms with E-state index in [9.17, 15) is 4.79 Å². The fourth-order valence-corrected chi connectivity index (χ4v) is 3.35. The second-order valence-corrected chi connectivity index (χ2v) is 7.08. The normalized spacial score (nSPS) is 10.5. The Morgan fingerprint density at radius 2 is 2.14 bits per heavy atom. The quantitative estimate of drug-likeness (QED) is 0.755. The summed E-state index contributed by atoms with van der Waals surface area (Å²) in [5, 5.41) is 15.1. The Labute approximate surface area is 138 Å². The Hall–Kier alpha value is -1.60. The zero-order chi connectivity index (χ0) is 15.9. The summed E-state index contributed by atoms with van der Waals surface area (Å²) in [6, 6.07) is 5.90. The lowest BCUT2D eigenvalue weighted by molar-refractivity contribution is -0.113. The molecule has 0 fully saturated rings. The highest BCUT2D eigenvalue weighted by molar-refractivity contribution is 8.01. The molecule has 7 heteroatoms. The second kappa shape index (κ2) is 8.14. The minimum Gasteiger partial charge on any atom is -0.360 e. The topological polar surface area (TPSA) is 66.9 Å². The van der Waals surface area contributed by atoms with E-state index in [4.69, 9.17) is 0 Å². The van der Waals surface area contributed by atoms with Crippen LogP contribution in [0.2, 0.25) is 0 Å². The first-order valence-corrected chi connectivity index (χ1v) is 8.96. The van der Waals surface area contributed by atoms with Gasteiger partial charge in [-0.05, 0) is 37.5 Å². The van der Waals surface area contributed by atoms with E-state index in [0.29, 0.717) is 5.75 Å². The zero-order valence-electron chi connectivity index (χ0n) is 13.0. The molecular weight excluding hydrogens is 316 g/mol. The smallest absolute Gasteiger partial charge is 0.234 e. The molecule has 0 aliphatic rings. The molecule has 118 valence electrons. The van der Waals surface area contributed by atoms with Crippen molar-refractivity contribution < 1.29 is 4.79 Å². The summed E-state index contributed by atoms with van der Waals surface area (Å²) < 4.78 is 0.801. The third-order valence-electron chi connectivity index (χ3n) is 3.14. The fourth-order valence-electron chi connectivity index (χ4n) is 1.77. The van der Waals surface area contributed by atoms with Gasteiger partial charge >= 0.3 is 0 Å². The van der Waals surface area contributed by atoms with Gasteiger partial charge < -0.3 is 10.6 Å². The molecule has 0 aliphatic carbocycles. The first-order chi connectivity index (χ1) is 10.6. The Kier molecular flexibility index (Phi) is 6.21. The van der Waals surface area contributed by atoms with Gasteiger partial charge in [0.15, 0.2) is 4.34 Å².